The number of hydrogen-bond donors (Lipinski definition) is 1. The molecule has 5 heteroatoms. The molecule has 1 aliphatic carbocycles. The number of carbonyl (C=O) groups is 1. The minimum absolute atomic E-state index is 0.304. The van der Waals surface area contributed by atoms with Crippen LogP contribution < -0.4 is 4.74 Å². The molecule has 0 atom stereocenters. The maximum absolute atomic E-state index is 12.0. The van der Waals surface area contributed by atoms with E-state index >= 15 is 0 Å². The van der Waals surface area contributed by atoms with Gasteiger partial charge in [0.05, 0.1) is 28.7 Å². The molecule has 0 saturated heterocycles. The van der Waals surface area contributed by atoms with Gasteiger partial charge in [-0.05, 0) is 43.4 Å². The van der Waals surface area contributed by atoms with Crippen molar-refractivity contribution in [3.63, 3.8) is 0 Å². The molecule has 0 spiro atoms. The van der Waals surface area contributed by atoms with E-state index < -0.39 is 5.97 Å². The van der Waals surface area contributed by atoms with Crippen LogP contribution in [0, 0.1) is 12.8 Å². The highest BCUT2D eigenvalue weighted by atomic mass is 35.5. The van der Waals surface area contributed by atoms with E-state index in [0.29, 0.717) is 16.5 Å². The summed E-state index contributed by atoms with van der Waals surface area (Å²) in [4.78, 5) is 12.0. The SMILES string of the molecule is COc1c(C)cc(C(=O)O)c2c3cccc(Cl)c3n(CC3CCCCC3)c12. The highest BCUT2D eigenvalue weighted by Gasteiger charge is 2.25. The summed E-state index contributed by atoms with van der Waals surface area (Å²) < 4.78 is 7.94. The molecule has 2 aromatic carbocycles. The Hall–Kier alpha value is -2.20. The second-order valence-electron chi connectivity index (χ2n) is 7.55. The zero-order valence-corrected chi connectivity index (χ0v) is 16.5. The first-order chi connectivity index (χ1) is 13.0. The van der Waals surface area contributed by atoms with Crippen molar-refractivity contribution < 1.29 is 14.6 Å². The van der Waals surface area contributed by atoms with Crippen LogP contribution in [0.2, 0.25) is 5.02 Å². The molecule has 0 unspecified atom stereocenters. The Labute approximate surface area is 163 Å². The smallest absolute Gasteiger partial charge is 0.336 e. The summed E-state index contributed by atoms with van der Waals surface area (Å²) in [7, 11) is 1.65. The van der Waals surface area contributed by atoms with Gasteiger partial charge in [0, 0.05) is 17.3 Å². The van der Waals surface area contributed by atoms with E-state index in [9.17, 15) is 9.90 Å². The van der Waals surface area contributed by atoms with E-state index in [1.807, 2.05) is 25.1 Å². The van der Waals surface area contributed by atoms with E-state index in [1.165, 1.54) is 32.1 Å². The van der Waals surface area contributed by atoms with Crippen LogP contribution >= 0.6 is 11.6 Å². The molecule has 142 valence electrons. The van der Waals surface area contributed by atoms with Gasteiger partial charge in [-0.3, -0.25) is 0 Å². The van der Waals surface area contributed by atoms with Gasteiger partial charge in [0.2, 0.25) is 0 Å². The number of aromatic carboxylic acids is 1. The van der Waals surface area contributed by atoms with Crippen LogP contribution in [-0.4, -0.2) is 22.8 Å². The van der Waals surface area contributed by atoms with Gasteiger partial charge in [0.25, 0.3) is 0 Å². The number of carboxylic acid groups (broad SMARTS) is 1. The largest absolute Gasteiger partial charge is 0.494 e. The Kier molecular flexibility index (Phi) is 4.77. The Bertz CT molecular complexity index is 1030. The van der Waals surface area contributed by atoms with Gasteiger partial charge < -0.3 is 14.4 Å². The van der Waals surface area contributed by atoms with Crippen LogP contribution in [0.4, 0.5) is 0 Å². The van der Waals surface area contributed by atoms with Gasteiger partial charge in [-0.1, -0.05) is 43.0 Å². The number of halogens is 1. The summed E-state index contributed by atoms with van der Waals surface area (Å²) in [5, 5.41) is 12.1. The van der Waals surface area contributed by atoms with Gasteiger partial charge in [-0.2, -0.15) is 0 Å². The first-order valence-electron chi connectivity index (χ1n) is 9.54. The zero-order chi connectivity index (χ0) is 19.1. The molecule has 4 nitrogen and oxygen atoms in total. The summed E-state index contributed by atoms with van der Waals surface area (Å²) in [5.41, 5.74) is 2.89. The number of aromatic nitrogens is 1. The van der Waals surface area contributed by atoms with Crippen molar-refractivity contribution in [1.29, 1.82) is 0 Å². The van der Waals surface area contributed by atoms with E-state index in [0.717, 1.165) is 39.7 Å². The fourth-order valence-electron chi connectivity index (χ4n) is 4.65. The Morgan fingerprint density at radius 3 is 2.67 bits per heavy atom. The molecule has 0 bridgehead atoms. The number of fused-ring (bicyclic) bond motifs is 3. The third-order valence-electron chi connectivity index (χ3n) is 5.84. The highest BCUT2D eigenvalue weighted by molar-refractivity contribution is 6.37. The molecular weight excluding hydrogens is 362 g/mol. The minimum atomic E-state index is -0.928. The molecule has 1 aromatic heterocycles. The van der Waals surface area contributed by atoms with Crippen molar-refractivity contribution in [1.82, 2.24) is 4.57 Å². The van der Waals surface area contributed by atoms with E-state index in [1.54, 1.807) is 13.2 Å². The van der Waals surface area contributed by atoms with Crippen molar-refractivity contribution in [3.05, 3.63) is 40.4 Å². The van der Waals surface area contributed by atoms with Gasteiger partial charge in [0.1, 0.15) is 5.75 Å². The average Bonchev–Trinajstić information content (AvgIpc) is 2.97. The Balaban J connectivity index is 2.10. The Morgan fingerprint density at radius 2 is 2.00 bits per heavy atom. The van der Waals surface area contributed by atoms with Gasteiger partial charge in [-0.25, -0.2) is 4.79 Å². The van der Waals surface area contributed by atoms with Crippen molar-refractivity contribution in [2.24, 2.45) is 5.92 Å². The first-order valence-corrected chi connectivity index (χ1v) is 9.92. The number of methoxy groups -OCH3 is 1. The Morgan fingerprint density at radius 1 is 1.26 bits per heavy atom. The molecule has 0 aliphatic heterocycles. The second kappa shape index (κ2) is 7.08. The molecular formula is C22H24ClNO3. The summed E-state index contributed by atoms with van der Waals surface area (Å²) in [6, 6.07) is 7.42. The lowest BCUT2D eigenvalue weighted by Gasteiger charge is -2.24. The summed E-state index contributed by atoms with van der Waals surface area (Å²) in [5.74, 6) is 0.382. The molecule has 4 rings (SSSR count). The molecule has 1 heterocycles. The number of aryl methyl sites for hydroxylation is 1. The average molecular weight is 386 g/mol. The topological polar surface area (TPSA) is 51.5 Å². The van der Waals surface area contributed by atoms with Crippen LogP contribution in [0.15, 0.2) is 24.3 Å². The number of ether oxygens (including phenoxy) is 1. The van der Waals surface area contributed by atoms with E-state index in [-0.39, 0.29) is 0 Å². The number of hydrogen-bond acceptors (Lipinski definition) is 2. The normalized spacial score (nSPS) is 15.5. The summed E-state index contributed by atoms with van der Waals surface area (Å²) >= 11 is 6.61. The van der Waals surface area contributed by atoms with Gasteiger partial charge in [0.15, 0.2) is 0 Å². The molecule has 0 amide bonds. The predicted molar refractivity (Wildman–Crippen MR) is 109 cm³/mol. The predicted octanol–water partition coefficient (Wildman–Crippen LogP) is 6.04. The lowest BCUT2D eigenvalue weighted by atomic mass is 9.89. The number of nitrogens with zero attached hydrogens (tertiary/aromatic N) is 1. The number of carboxylic acids is 1. The molecule has 0 radical (unpaired) electrons. The van der Waals surface area contributed by atoms with Crippen molar-refractivity contribution in [2.75, 3.05) is 7.11 Å². The third kappa shape index (κ3) is 2.96. The van der Waals surface area contributed by atoms with E-state index in [4.69, 9.17) is 16.3 Å². The maximum Gasteiger partial charge on any atom is 0.336 e. The fourth-order valence-corrected chi connectivity index (χ4v) is 4.93. The standard InChI is InChI=1S/C22H24ClNO3/c1-13-11-16(22(25)26)18-15-9-6-10-17(23)19(15)24(20(18)21(13)27-2)12-14-7-4-3-5-8-14/h6,9-11,14H,3-5,7-8,12H2,1-2H3,(H,25,26). The van der Waals surface area contributed by atoms with E-state index in [2.05, 4.69) is 4.57 Å². The van der Waals surface area contributed by atoms with Gasteiger partial charge in [-0.15, -0.1) is 0 Å². The lowest BCUT2D eigenvalue weighted by Crippen LogP contribution is -2.14. The number of para-hydroxylation sites is 1. The van der Waals surface area contributed by atoms with Gasteiger partial charge >= 0.3 is 5.97 Å². The number of rotatable bonds is 4. The molecule has 1 N–H and O–H groups in total. The fraction of sp³-hybridized carbons (Fsp3) is 0.409. The van der Waals surface area contributed by atoms with Crippen LogP contribution in [0.5, 0.6) is 5.75 Å². The first kappa shape index (κ1) is 18.2. The number of benzene rings is 2. The molecule has 1 aliphatic rings. The van der Waals surface area contributed by atoms with Crippen LogP contribution in [-0.2, 0) is 6.54 Å². The minimum Gasteiger partial charge on any atom is -0.494 e. The molecule has 1 saturated carbocycles. The van der Waals surface area contributed by atoms with Crippen molar-refractivity contribution in [2.45, 2.75) is 45.6 Å². The van der Waals surface area contributed by atoms with Crippen molar-refractivity contribution in [3.8, 4) is 5.75 Å². The second-order valence-corrected chi connectivity index (χ2v) is 7.96. The maximum atomic E-state index is 12.0. The highest BCUT2D eigenvalue weighted by Crippen LogP contribution is 2.42. The molecule has 1 fully saturated rings. The monoisotopic (exact) mass is 385 g/mol. The van der Waals surface area contributed by atoms with Crippen LogP contribution in [0.1, 0.15) is 48.0 Å². The lowest BCUT2D eigenvalue weighted by molar-refractivity contribution is 0.0699. The van der Waals surface area contributed by atoms with Crippen LogP contribution in [0.25, 0.3) is 21.8 Å². The summed E-state index contributed by atoms with van der Waals surface area (Å²) in [6.07, 6.45) is 6.21. The zero-order valence-electron chi connectivity index (χ0n) is 15.7. The van der Waals surface area contributed by atoms with Crippen LogP contribution in [0.3, 0.4) is 0 Å². The quantitative estimate of drug-likeness (QED) is 0.595. The summed E-state index contributed by atoms with van der Waals surface area (Å²) in [6.45, 7) is 2.73. The van der Waals surface area contributed by atoms with Crippen molar-refractivity contribution >= 4 is 39.4 Å². The molecule has 27 heavy (non-hydrogen) atoms. The molecule has 3 aromatic rings. The third-order valence-corrected chi connectivity index (χ3v) is 6.14.